The summed E-state index contributed by atoms with van der Waals surface area (Å²) in [5, 5.41) is 8.91. The van der Waals surface area contributed by atoms with Gasteiger partial charge in [-0.05, 0) is 55.4 Å². The Bertz CT molecular complexity index is 444. The minimum atomic E-state index is -0.194. The van der Waals surface area contributed by atoms with E-state index in [9.17, 15) is 4.79 Å². The van der Waals surface area contributed by atoms with E-state index in [0.29, 0.717) is 12.0 Å². The fraction of sp³-hybridized carbons (Fsp3) is 0.562. The Balaban J connectivity index is 1.92. The molecule has 1 saturated carbocycles. The van der Waals surface area contributed by atoms with E-state index in [0.717, 1.165) is 17.3 Å². The lowest BCUT2D eigenvalue weighted by molar-refractivity contribution is 0.254. The third-order valence-electron chi connectivity index (χ3n) is 4.15. The summed E-state index contributed by atoms with van der Waals surface area (Å²) in [7, 11) is 1.61. The van der Waals surface area contributed by atoms with Crippen molar-refractivity contribution in [3.05, 3.63) is 24.3 Å². The summed E-state index contributed by atoms with van der Waals surface area (Å²) in [6.07, 6.45) is 3.84. The van der Waals surface area contributed by atoms with Crippen LogP contribution in [0.5, 0.6) is 0 Å². The lowest BCUT2D eigenvalue weighted by Gasteiger charge is -2.33. The molecule has 1 aliphatic rings. The average molecular weight is 275 g/mol. The fourth-order valence-corrected chi connectivity index (χ4v) is 2.94. The monoisotopic (exact) mass is 275 g/mol. The number of carbonyl (C=O) groups is 1. The minimum absolute atomic E-state index is 0.194. The summed E-state index contributed by atoms with van der Waals surface area (Å²) in [6.45, 7) is 4.67. The number of anilines is 2. The molecule has 110 valence electrons. The number of carbonyl (C=O) groups excluding carboxylic acids is 1. The molecule has 3 N–H and O–H groups in total. The van der Waals surface area contributed by atoms with E-state index in [1.807, 2.05) is 24.3 Å². The third-order valence-corrected chi connectivity index (χ3v) is 4.15. The largest absolute Gasteiger partial charge is 0.382 e. The average Bonchev–Trinajstić information content (AvgIpc) is 2.44. The van der Waals surface area contributed by atoms with E-state index >= 15 is 0 Å². The smallest absolute Gasteiger partial charge is 0.318 e. The van der Waals surface area contributed by atoms with Crippen LogP contribution in [0.25, 0.3) is 0 Å². The van der Waals surface area contributed by atoms with Crippen LogP contribution in [0.2, 0.25) is 0 Å². The Morgan fingerprint density at radius 1 is 1.10 bits per heavy atom. The molecule has 0 saturated heterocycles. The maximum atomic E-state index is 11.2. The topological polar surface area (TPSA) is 53.2 Å². The van der Waals surface area contributed by atoms with Crippen molar-refractivity contribution in [3.8, 4) is 0 Å². The van der Waals surface area contributed by atoms with Crippen LogP contribution < -0.4 is 16.0 Å². The molecule has 3 unspecified atom stereocenters. The van der Waals surface area contributed by atoms with Gasteiger partial charge in [0.2, 0.25) is 0 Å². The maximum Gasteiger partial charge on any atom is 0.318 e. The molecule has 0 aliphatic heterocycles. The Kier molecular flexibility index (Phi) is 4.88. The highest BCUT2D eigenvalue weighted by atomic mass is 16.2. The summed E-state index contributed by atoms with van der Waals surface area (Å²) < 4.78 is 0. The Labute approximate surface area is 121 Å². The van der Waals surface area contributed by atoms with Crippen molar-refractivity contribution in [2.45, 2.75) is 39.2 Å². The molecule has 0 radical (unpaired) electrons. The van der Waals surface area contributed by atoms with Gasteiger partial charge in [0.15, 0.2) is 0 Å². The summed E-state index contributed by atoms with van der Waals surface area (Å²) in [5.41, 5.74) is 1.93. The highest BCUT2D eigenvalue weighted by Gasteiger charge is 2.24. The zero-order valence-corrected chi connectivity index (χ0v) is 12.6. The first-order valence-corrected chi connectivity index (χ1v) is 7.44. The molecule has 1 fully saturated rings. The second kappa shape index (κ2) is 6.64. The SMILES string of the molecule is CNC(=O)Nc1ccc(NC2CCC(C)CC2C)cc1. The molecular formula is C16H25N3O. The molecule has 1 aromatic carbocycles. The number of benzene rings is 1. The van der Waals surface area contributed by atoms with Crippen LogP contribution in [0, 0.1) is 11.8 Å². The molecular weight excluding hydrogens is 250 g/mol. The number of rotatable bonds is 3. The van der Waals surface area contributed by atoms with E-state index in [-0.39, 0.29) is 6.03 Å². The van der Waals surface area contributed by atoms with Crippen LogP contribution in [-0.4, -0.2) is 19.1 Å². The van der Waals surface area contributed by atoms with Crippen molar-refractivity contribution in [2.24, 2.45) is 11.8 Å². The first-order valence-electron chi connectivity index (χ1n) is 7.44. The first-order chi connectivity index (χ1) is 9.58. The second-order valence-corrected chi connectivity index (χ2v) is 5.93. The molecule has 4 heteroatoms. The summed E-state index contributed by atoms with van der Waals surface area (Å²) >= 11 is 0. The predicted octanol–water partition coefficient (Wildman–Crippen LogP) is 3.67. The van der Waals surface area contributed by atoms with Crippen LogP contribution in [0.15, 0.2) is 24.3 Å². The van der Waals surface area contributed by atoms with Crippen LogP contribution >= 0.6 is 0 Å². The van der Waals surface area contributed by atoms with Gasteiger partial charge in [0.1, 0.15) is 0 Å². The van der Waals surface area contributed by atoms with Crippen LogP contribution in [0.3, 0.4) is 0 Å². The molecule has 20 heavy (non-hydrogen) atoms. The number of hydrogen-bond acceptors (Lipinski definition) is 2. The van der Waals surface area contributed by atoms with Gasteiger partial charge in [0.05, 0.1) is 0 Å². The van der Waals surface area contributed by atoms with Gasteiger partial charge in [0, 0.05) is 24.5 Å². The van der Waals surface area contributed by atoms with E-state index in [4.69, 9.17) is 0 Å². The highest BCUT2D eigenvalue weighted by Crippen LogP contribution is 2.30. The van der Waals surface area contributed by atoms with Gasteiger partial charge in [-0.1, -0.05) is 13.8 Å². The molecule has 1 aliphatic carbocycles. The molecule has 2 rings (SSSR count). The first kappa shape index (κ1) is 14.7. The number of urea groups is 1. The highest BCUT2D eigenvalue weighted by molar-refractivity contribution is 5.89. The van der Waals surface area contributed by atoms with Gasteiger partial charge in [-0.3, -0.25) is 0 Å². The number of hydrogen-bond donors (Lipinski definition) is 3. The third kappa shape index (κ3) is 3.89. The van der Waals surface area contributed by atoms with Crippen molar-refractivity contribution in [3.63, 3.8) is 0 Å². The normalized spacial score (nSPS) is 25.9. The predicted molar refractivity (Wildman–Crippen MR) is 84.1 cm³/mol. The summed E-state index contributed by atoms with van der Waals surface area (Å²) in [6, 6.07) is 8.26. The van der Waals surface area contributed by atoms with E-state index < -0.39 is 0 Å². The van der Waals surface area contributed by atoms with E-state index in [1.54, 1.807) is 7.05 Å². The van der Waals surface area contributed by atoms with Gasteiger partial charge in [0.25, 0.3) is 0 Å². The second-order valence-electron chi connectivity index (χ2n) is 5.93. The van der Waals surface area contributed by atoms with Crippen LogP contribution in [0.4, 0.5) is 16.2 Å². The van der Waals surface area contributed by atoms with Crippen molar-refractivity contribution >= 4 is 17.4 Å². The zero-order chi connectivity index (χ0) is 14.5. The van der Waals surface area contributed by atoms with Gasteiger partial charge in [-0.2, -0.15) is 0 Å². The summed E-state index contributed by atoms with van der Waals surface area (Å²) in [5.74, 6) is 1.56. The molecule has 1 aromatic rings. The quantitative estimate of drug-likeness (QED) is 0.788. The molecule has 4 nitrogen and oxygen atoms in total. The van der Waals surface area contributed by atoms with E-state index in [1.165, 1.54) is 19.3 Å². The van der Waals surface area contributed by atoms with Gasteiger partial charge < -0.3 is 16.0 Å². The fourth-order valence-electron chi connectivity index (χ4n) is 2.94. The van der Waals surface area contributed by atoms with E-state index in [2.05, 4.69) is 29.8 Å². The maximum absolute atomic E-state index is 11.2. The molecule has 0 heterocycles. The van der Waals surface area contributed by atoms with Crippen molar-refractivity contribution in [1.82, 2.24) is 5.32 Å². The number of amides is 2. The molecule has 2 amide bonds. The Morgan fingerprint density at radius 2 is 1.75 bits per heavy atom. The van der Waals surface area contributed by atoms with Crippen LogP contribution in [0.1, 0.15) is 33.1 Å². The Hall–Kier alpha value is -1.71. The van der Waals surface area contributed by atoms with Gasteiger partial charge >= 0.3 is 6.03 Å². The van der Waals surface area contributed by atoms with Gasteiger partial charge in [-0.25, -0.2) is 4.79 Å². The molecule has 3 atom stereocenters. The number of nitrogens with one attached hydrogen (secondary N) is 3. The van der Waals surface area contributed by atoms with Crippen LogP contribution in [-0.2, 0) is 0 Å². The minimum Gasteiger partial charge on any atom is -0.382 e. The molecule has 0 aromatic heterocycles. The molecule has 0 bridgehead atoms. The Morgan fingerprint density at radius 3 is 2.35 bits per heavy atom. The lowest BCUT2D eigenvalue weighted by Crippen LogP contribution is -2.32. The van der Waals surface area contributed by atoms with Gasteiger partial charge in [-0.15, -0.1) is 0 Å². The van der Waals surface area contributed by atoms with Crippen molar-refractivity contribution in [2.75, 3.05) is 17.7 Å². The lowest BCUT2D eigenvalue weighted by atomic mass is 9.80. The van der Waals surface area contributed by atoms with Crippen molar-refractivity contribution < 1.29 is 4.79 Å². The van der Waals surface area contributed by atoms with Crippen molar-refractivity contribution in [1.29, 1.82) is 0 Å². The standard InChI is InChI=1S/C16H25N3O/c1-11-4-9-15(12(2)10-11)18-13-5-7-14(8-6-13)19-16(20)17-3/h5-8,11-12,15,18H,4,9-10H2,1-3H3,(H2,17,19,20). The zero-order valence-electron chi connectivity index (χ0n) is 12.6. The molecule has 0 spiro atoms. The summed E-state index contributed by atoms with van der Waals surface area (Å²) in [4.78, 5) is 11.2.